The van der Waals surface area contributed by atoms with E-state index in [1.54, 1.807) is 19.1 Å². The molecule has 0 saturated heterocycles. The number of halogens is 1. The number of rotatable bonds is 3. The van der Waals surface area contributed by atoms with E-state index in [0.29, 0.717) is 0 Å². The lowest BCUT2D eigenvalue weighted by Crippen LogP contribution is -2.10. The number of pyridine rings is 1. The highest BCUT2D eigenvalue weighted by molar-refractivity contribution is 5.91. The molecule has 0 unspecified atom stereocenters. The van der Waals surface area contributed by atoms with Crippen molar-refractivity contribution < 1.29 is 18.7 Å². The van der Waals surface area contributed by atoms with Crippen molar-refractivity contribution in [1.29, 1.82) is 0 Å². The normalized spacial score (nSPS) is 10.1. The second kappa shape index (κ2) is 5.48. The summed E-state index contributed by atoms with van der Waals surface area (Å²) < 4.78 is 23.6. The minimum Gasteiger partial charge on any atom is -0.493 e. The first-order chi connectivity index (χ1) is 9.11. The first-order valence-electron chi connectivity index (χ1n) is 5.59. The first kappa shape index (κ1) is 13.0. The summed E-state index contributed by atoms with van der Waals surface area (Å²) >= 11 is 0. The van der Waals surface area contributed by atoms with Crippen molar-refractivity contribution in [3.05, 3.63) is 53.6 Å². The maximum atomic E-state index is 13.6. The highest BCUT2D eigenvalue weighted by atomic mass is 19.1. The molecule has 0 amide bonds. The number of aromatic nitrogens is 1. The summed E-state index contributed by atoms with van der Waals surface area (Å²) in [6.45, 7) is 1.80. The SMILES string of the molecule is COc1cccc(F)c1OC(=O)c1ccc(C)nc1. The largest absolute Gasteiger partial charge is 0.493 e. The third-order valence-corrected chi connectivity index (χ3v) is 2.49. The van der Waals surface area contributed by atoms with E-state index < -0.39 is 11.8 Å². The number of benzene rings is 1. The molecule has 2 aromatic rings. The molecular weight excluding hydrogens is 249 g/mol. The van der Waals surface area contributed by atoms with Crippen LogP contribution in [0.1, 0.15) is 16.1 Å². The van der Waals surface area contributed by atoms with Crippen LogP contribution in [0.3, 0.4) is 0 Å². The van der Waals surface area contributed by atoms with Crippen molar-refractivity contribution in [2.24, 2.45) is 0 Å². The molecule has 98 valence electrons. The summed E-state index contributed by atoms with van der Waals surface area (Å²) in [5, 5.41) is 0. The molecule has 1 heterocycles. The fourth-order valence-electron chi connectivity index (χ4n) is 1.49. The van der Waals surface area contributed by atoms with Crippen LogP contribution in [0.2, 0.25) is 0 Å². The van der Waals surface area contributed by atoms with E-state index in [-0.39, 0.29) is 17.1 Å². The zero-order chi connectivity index (χ0) is 13.8. The van der Waals surface area contributed by atoms with Gasteiger partial charge in [-0.2, -0.15) is 0 Å². The molecule has 5 heteroatoms. The van der Waals surface area contributed by atoms with Crippen LogP contribution in [0.4, 0.5) is 4.39 Å². The number of methoxy groups -OCH3 is 1. The lowest BCUT2D eigenvalue weighted by molar-refractivity contribution is 0.0722. The van der Waals surface area contributed by atoms with E-state index in [1.165, 1.54) is 31.5 Å². The van der Waals surface area contributed by atoms with Crippen molar-refractivity contribution in [2.45, 2.75) is 6.92 Å². The fraction of sp³-hybridized carbons (Fsp3) is 0.143. The van der Waals surface area contributed by atoms with E-state index in [0.717, 1.165) is 5.69 Å². The van der Waals surface area contributed by atoms with E-state index >= 15 is 0 Å². The van der Waals surface area contributed by atoms with Crippen LogP contribution >= 0.6 is 0 Å². The van der Waals surface area contributed by atoms with Gasteiger partial charge < -0.3 is 9.47 Å². The molecule has 0 radical (unpaired) electrons. The number of carbonyl (C=O) groups excluding carboxylic acids is 1. The Morgan fingerprint density at radius 1 is 1.26 bits per heavy atom. The Bertz CT molecular complexity index is 596. The summed E-state index contributed by atoms with van der Waals surface area (Å²) in [6.07, 6.45) is 1.38. The Morgan fingerprint density at radius 2 is 2.05 bits per heavy atom. The molecule has 0 spiro atoms. The average Bonchev–Trinajstić information content (AvgIpc) is 2.41. The summed E-state index contributed by atoms with van der Waals surface area (Å²) in [6, 6.07) is 7.42. The molecule has 19 heavy (non-hydrogen) atoms. The van der Waals surface area contributed by atoms with Crippen molar-refractivity contribution in [3.8, 4) is 11.5 Å². The third-order valence-electron chi connectivity index (χ3n) is 2.49. The lowest BCUT2D eigenvalue weighted by atomic mass is 10.2. The second-order valence-corrected chi connectivity index (χ2v) is 3.85. The van der Waals surface area contributed by atoms with Gasteiger partial charge in [0.2, 0.25) is 5.75 Å². The van der Waals surface area contributed by atoms with Gasteiger partial charge in [-0.1, -0.05) is 6.07 Å². The Kier molecular flexibility index (Phi) is 3.75. The molecule has 0 saturated carbocycles. The van der Waals surface area contributed by atoms with Gasteiger partial charge in [0.15, 0.2) is 11.6 Å². The number of para-hydroxylation sites is 1. The third kappa shape index (κ3) is 2.88. The Labute approximate surface area is 109 Å². The summed E-state index contributed by atoms with van der Waals surface area (Å²) in [5.74, 6) is -1.41. The zero-order valence-corrected chi connectivity index (χ0v) is 10.5. The standard InChI is InChI=1S/C14H12FNO3/c1-9-6-7-10(8-16-9)14(17)19-13-11(15)4-3-5-12(13)18-2/h3-8H,1-2H3. The maximum absolute atomic E-state index is 13.6. The van der Waals surface area contributed by atoms with E-state index in [9.17, 15) is 9.18 Å². The Hall–Kier alpha value is -2.43. The number of hydrogen-bond donors (Lipinski definition) is 0. The summed E-state index contributed by atoms with van der Waals surface area (Å²) in [7, 11) is 1.37. The number of ether oxygens (including phenoxy) is 2. The maximum Gasteiger partial charge on any atom is 0.345 e. The molecule has 0 aliphatic heterocycles. The minimum atomic E-state index is -0.684. The van der Waals surface area contributed by atoms with Gasteiger partial charge in [0, 0.05) is 11.9 Å². The van der Waals surface area contributed by atoms with E-state index in [1.807, 2.05) is 0 Å². The van der Waals surface area contributed by atoms with Crippen molar-refractivity contribution in [2.75, 3.05) is 7.11 Å². The lowest BCUT2D eigenvalue weighted by Gasteiger charge is -2.09. The van der Waals surface area contributed by atoms with Gasteiger partial charge in [-0.25, -0.2) is 9.18 Å². The van der Waals surface area contributed by atoms with Crippen LogP contribution < -0.4 is 9.47 Å². The minimum absolute atomic E-state index is 0.161. The fourth-order valence-corrected chi connectivity index (χ4v) is 1.49. The predicted octanol–water partition coefficient (Wildman–Crippen LogP) is 2.76. The summed E-state index contributed by atoms with van der Waals surface area (Å²) in [5.41, 5.74) is 1.02. The highest BCUT2D eigenvalue weighted by Crippen LogP contribution is 2.30. The molecule has 1 aromatic carbocycles. The van der Waals surface area contributed by atoms with Crippen LogP contribution in [0.5, 0.6) is 11.5 Å². The highest BCUT2D eigenvalue weighted by Gasteiger charge is 2.16. The summed E-state index contributed by atoms with van der Waals surface area (Å²) in [4.78, 5) is 15.8. The van der Waals surface area contributed by atoms with Crippen LogP contribution in [-0.2, 0) is 0 Å². The van der Waals surface area contributed by atoms with E-state index in [4.69, 9.17) is 9.47 Å². The van der Waals surface area contributed by atoms with Crippen LogP contribution in [-0.4, -0.2) is 18.1 Å². The van der Waals surface area contributed by atoms with Crippen LogP contribution in [0.15, 0.2) is 36.5 Å². The zero-order valence-electron chi connectivity index (χ0n) is 10.5. The molecule has 0 fully saturated rings. The van der Waals surface area contributed by atoms with Gasteiger partial charge in [0.1, 0.15) is 0 Å². The van der Waals surface area contributed by atoms with Gasteiger partial charge in [-0.15, -0.1) is 0 Å². The van der Waals surface area contributed by atoms with Gasteiger partial charge in [0.05, 0.1) is 12.7 Å². The van der Waals surface area contributed by atoms with Crippen molar-refractivity contribution >= 4 is 5.97 Å². The monoisotopic (exact) mass is 261 g/mol. The van der Waals surface area contributed by atoms with Gasteiger partial charge in [-0.3, -0.25) is 4.98 Å². The predicted molar refractivity (Wildman–Crippen MR) is 66.9 cm³/mol. The number of carbonyl (C=O) groups is 1. The number of aryl methyl sites for hydroxylation is 1. The van der Waals surface area contributed by atoms with E-state index in [2.05, 4.69) is 4.98 Å². The smallest absolute Gasteiger partial charge is 0.345 e. The second-order valence-electron chi connectivity index (χ2n) is 3.85. The number of nitrogens with zero attached hydrogens (tertiary/aromatic N) is 1. The molecular formula is C14H12FNO3. The first-order valence-corrected chi connectivity index (χ1v) is 5.59. The molecule has 1 aromatic heterocycles. The molecule has 0 bridgehead atoms. The number of esters is 1. The molecule has 0 aliphatic rings. The van der Waals surface area contributed by atoms with Gasteiger partial charge in [0.25, 0.3) is 0 Å². The van der Waals surface area contributed by atoms with Crippen molar-refractivity contribution in [1.82, 2.24) is 4.98 Å². The molecule has 0 N–H and O–H groups in total. The van der Waals surface area contributed by atoms with Gasteiger partial charge >= 0.3 is 5.97 Å². The number of hydrogen-bond acceptors (Lipinski definition) is 4. The topological polar surface area (TPSA) is 48.4 Å². The molecule has 4 nitrogen and oxygen atoms in total. The Balaban J connectivity index is 2.26. The Morgan fingerprint density at radius 3 is 2.68 bits per heavy atom. The average molecular weight is 261 g/mol. The molecule has 2 rings (SSSR count). The quantitative estimate of drug-likeness (QED) is 0.629. The van der Waals surface area contributed by atoms with Gasteiger partial charge in [-0.05, 0) is 31.2 Å². The van der Waals surface area contributed by atoms with Crippen molar-refractivity contribution in [3.63, 3.8) is 0 Å². The van der Waals surface area contributed by atoms with Crippen LogP contribution in [0, 0.1) is 12.7 Å². The molecule has 0 atom stereocenters. The molecule has 0 aliphatic carbocycles. The van der Waals surface area contributed by atoms with Crippen LogP contribution in [0.25, 0.3) is 0 Å².